The average molecular weight is 831 g/mol. The van der Waals surface area contributed by atoms with Gasteiger partial charge >= 0.3 is 17.9 Å². The summed E-state index contributed by atoms with van der Waals surface area (Å²) >= 11 is 0. The normalized spacial score (nSPS) is 13.1. The summed E-state index contributed by atoms with van der Waals surface area (Å²) in [6, 6.07) is 0. The van der Waals surface area contributed by atoms with Crippen LogP contribution < -0.4 is 0 Å². The molecule has 0 saturated carbocycles. The molecule has 6 nitrogen and oxygen atoms in total. The molecule has 1 unspecified atom stereocenters. The van der Waals surface area contributed by atoms with Crippen LogP contribution in [0.1, 0.15) is 194 Å². The third-order valence-electron chi connectivity index (χ3n) is 9.62. The van der Waals surface area contributed by atoms with E-state index in [1.807, 2.05) is 42.5 Å². The predicted octanol–water partition coefficient (Wildman–Crippen LogP) is 15.6. The van der Waals surface area contributed by atoms with E-state index in [2.05, 4.69) is 87.6 Å². The van der Waals surface area contributed by atoms with Crippen molar-refractivity contribution in [3.63, 3.8) is 0 Å². The summed E-state index contributed by atoms with van der Waals surface area (Å²) in [6.07, 6.45) is 63.6. The van der Waals surface area contributed by atoms with E-state index in [0.717, 1.165) is 89.9 Å². The summed E-state index contributed by atoms with van der Waals surface area (Å²) < 4.78 is 16.6. The zero-order chi connectivity index (χ0) is 43.7. The molecule has 0 aromatic rings. The van der Waals surface area contributed by atoms with Crippen LogP contribution in [-0.2, 0) is 28.6 Å². The maximum Gasteiger partial charge on any atom is 0.306 e. The molecule has 0 bridgehead atoms. The van der Waals surface area contributed by atoms with Gasteiger partial charge in [0.15, 0.2) is 6.10 Å². The number of carbonyl (C=O) groups excluding carboxylic acids is 3. The van der Waals surface area contributed by atoms with Crippen LogP contribution in [0.5, 0.6) is 0 Å². The molecule has 60 heavy (non-hydrogen) atoms. The number of allylic oxidation sites excluding steroid dienone is 18. The summed E-state index contributed by atoms with van der Waals surface area (Å²) in [5.41, 5.74) is 0. The van der Waals surface area contributed by atoms with Gasteiger partial charge in [-0.15, -0.1) is 0 Å². The van der Waals surface area contributed by atoms with Crippen molar-refractivity contribution in [1.29, 1.82) is 0 Å². The highest BCUT2D eigenvalue weighted by Gasteiger charge is 2.19. The Morgan fingerprint density at radius 1 is 0.350 bits per heavy atom. The van der Waals surface area contributed by atoms with E-state index in [1.165, 1.54) is 57.8 Å². The Labute approximate surface area is 368 Å². The van der Waals surface area contributed by atoms with E-state index in [1.54, 1.807) is 0 Å². The second-order valence-electron chi connectivity index (χ2n) is 15.5. The predicted molar refractivity (Wildman–Crippen MR) is 256 cm³/mol. The standard InChI is InChI=1S/C54H86O6/c1-4-7-10-13-16-19-22-24-25-26-27-28-30-32-35-38-41-44-47-53(56)59-50-51(49-58-52(55)46-43-40-37-34-31-21-18-15-12-9-6-3)60-54(57)48-45-42-39-36-33-29-23-20-17-14-11-8-5-2/h10,13,15-16,18-19,21-22,24-29,31,33,39,42,51H,4-9,11-12,14,17,20,23,30,32,34-38,40-41,43-50H2,1-3H3/b13-10-,18-15-,19-16-,24-22-,26-25-,28-27-,31-21-,33-29-,42-39-. The zero-order valence-corrected chi connectivity index (χ0v) is 38.4. The second kappa shape index (κ2) is 47.7. The largest absolute Gasteiger partial charge is 0.462 e. The topological polar surface area (TPSA) is 78.9 Å². The van der Waals surface area contributed by atoms with Crippen LogP contribution in [0, 0.1) is 0 Å². The van der Waals surface area contributed by atoms with E-state index >= 15 is 0 Å². The van der Waals surface area contributed by atoms with Gasteiger partial charge in [-0.25, -0.2) is 0 Å². The van der Waals surface area contributed by atoms with Gasteiger partial charge in [0.1, 0.15) is 13.2 Å². The molecule has 338 valence electrons. The summed E-state index contributed by atoms with van der Waals surface area (Å²) in [4.78, 5) is 37.8. The number of carbonyl (C=O) groups is 3. The third-order valence-corrected chi connectivity index (χ3v) is 9.62. The lowest BCUT2D eigenvalue weighted by Gasteiger charge is -2.18. The Morgan fingerprint density at radius 3 is 1.28 bits per heavy atom. The van der Waals surface area contributed by atoms with E-state index < -0.39 is 12.1 Å². The first-order chi connectivity index (χ1) is 29.5. The van der Waals surface area contributed by atoms with Crippen LogP contribution in [0.25, 0.3) is 0 Å². The van der Waals surface area contributed by atoms with Crippen molar-refractivity contribution in [1.82, 2.24) is 0 Å². The molecule has 0 fully saturated rings. The number of ether oxygens (including phenoxy) is 3. The monoisotopic (exact) mass is 831 g/mol. The van der Waals surface area contributed by atoms with Crippen molar-refractivity contribution >= 4 is 17.9 Å². The fraction of sp³-hybridized carbons (Fsp3) is 0.611. The Kier molecular flexibility index (Phi) is 44.6. The van der Waals surface area contributed by atoms with Gasteiger partial charge in [-0.05, 0) is 77.0 Å². The first-order valence-corrected chi connectivity index (χ1v) is 24.0. The van der Waals surface area contributed by atoms with E-state index in [9.17, 15) is 14.4 Å². The molecule has 0 saturated heterocycles. The van der Waals surface area contributed by atoms with Crippen LogP contribution in [0.4, 0.5) is 0 Å². The molecule has 0 rings (SSSR count). The maximum absolute atomic E-state index is 12.7. The highest BCUT2D eigenvalue weighted by atomic mass is 16.6. The summed E-state index contributed by atoms with van der Waals surface area (Å²) in [5, 5.41) is 0. The zero-order valence-electron chi connectivity index (χ0n) is 38.4. The number of hydrogen-bond acceptors (Lipinski definition) is 6. The molecular formula is C54H86O6. The molecule has 0 aliphatic carbocycles. The van der Waals surface area contributed by atoms with Crippen LogP contribution in [0.15, 0.2) is 109 Å². The summed E-state index contributed by atoms with van der Waals surface area (Å²) in [5.74, 6) is -1.06. The van der Waals surface area contributed by atoms with Gasteiger partial charge in [-0.3, -0.25) is 14.4 Å². The highest BCUT2D eigenvalue weighted by molar-refractivity contribution is 5.71. The maximum atomic E-state index is 12.7. The molecule has 0 aliphatic heterocycles. The first kappa shape index (κ1) is 56.1. The van der Waals surface area contributed by atoms with Crippen molar-refractivity contribution in [2.75, 3.05) is 13.2 Å². The van der Waals surface area contributed by atoms with E-state index in [0.29, 0.717) is 19.3 Å². The Balaban J connectivity index is 4.54. The van der Waals surface area contributed by atoms with Gasteiger partial charge in [0.2, 0.25) is 0 Å². The highest BCUT2D eigenvalue weighted by Crippen LogP contribution is 2.11. The molecule has 6 heteroatoms. The molecule has 0 aromatic heterocycles. The number of unbranched alkanes of at least 4 members (excludes halogenated alkanes) is 17. The smallest absolute Gasteiger partial charge is 0.306 e. The lowest BCUT2D eigenvalue weighted by Crippen LogP contribution is -2.30. The molecule has 0 heterocycles. The van der Waals surface area contributed by atoms with Crippen LogP contribution in [-0.4, -0.2) is 37.2 Å². The fourth-order valence-electron chi connectivity index (χ4n) is 5.97. The number of hydrogen-bond donors (Lipinski definition) is 0. The molecule has 0 spiro atoms. The van der Waals surface area contributed by atoms with Gasteiger partial charge in [0.05, 0.1) is 0 Å². The van der Waals surface area contributed by atoms with Crippen molar-refractivity contribution in [3.8, 4) is 0 Å². The average Bonchev–Trinajstić information content (AvgIpc) is 3.24. The lowest BCUT2D eigenvalue weighted by molar-refractivity contribution is -0.166. The van der Waals surface area contributed by atoms with Crippen molar-refractivity contribution < 1.29 is 28.6 Å². The first-order valence-electron chi connectivity index (χ1n) is 24.0. The summed E-state index contributed by atoms with van der Waals surface area (Å²) in [6.45, 7) is 6.36. The number of rotatable bonds is 41. The fourth-order valence-corrected chi connectivity index (χ4v) is 5.97. The SMILES string of the molecule is CCC\C=C/C=C\C=C/C=C\C=C/CCCCCCCC(=O)OCC(COC(=O)CCCCC/C=C\C=C/CCCC)OC(=O)CC/C=C\C/C=C\CCCCCCCC. The lowest BCUT2D eigenvalue weighted by atomic mass is 10.1. The molecule has 0 aliphatic rings. The van der Waals surface area contributed by atoms with Gasteiger partial charge in [0.25, 0.3) is 0 Å². The van der Waals surface area contributed by atoms with Crippen molar-refractivity contribution in [2.24, 2.45) is 0 Å². The second-order valence-corrected chi connectivity index (χ2v) is 15.5. The molecular weight excluding hydrogens is 745 g/mol. The third kappa shape index (κ3) is 45.2. The van der Waals surface area contributed by atoms with Gasteiger partial charge < -0.3 is 14.2 Å². The molecule has 0 amide bonds. The van der Waals surface area contributed by atoms with Gasteiger partial charge in [-0.2, -0.15) is 0 Å². The molecule has 0 aromatic carbocycles. The van der Waals surface area contributed by atoms with Crippen LogP contribution >= 0.6 is 0 Å². The van der Waals surface area contributed by atoms with Crippen molar-refractivity contribution in [3.05, 3.63) is 109 Å². The minimum atomic E-state index is -0.830. The molecule has 0 radical (unpaired) electrons. The molecule has 0 N–H and O–H groups in total. The Hall–Kier alpha value is -3.93. The molecule has 1 atom stereocenters. The Morgan fingerprint density at radius 2 is 0.750 bits per heavy atom. The van der Waals surface area contributed by atoms with Crippen LogP contribution in [0.2, 0.25) is 0 Å². The minimum Gasteiger partial charge on any atom is -0.462 e. The minimum absolute atomic E-state index is 0.125. The van der Waals surface area contributed by atoms with Gasteiger partial charge in [-0.1, -0.05) is 207 Å². The van der Waals surface area contributed by atoms with Crippen molar-refractivity contribution in [2.45, 2.75) is 200 Å². The van der Waals surface area contributed by atoms with Crippen LogP contribution in [0.3, 0.4) is 0 Å². The van der Waals surface area contributed by atoms with E-state index in [-0.39, 0.29) is 31.6 Å². The number of esters is 3. The van der Waals surface area contributed by atoms with E-state index in [4.69, 9.17) is 14.2 Å². The summed E-state index contributed by atoms with van der Waals surface area (Å²) in [7, 11) is 0. The van der Waals surface area contributed by atoms with Gasteiger partial charge in [0, 0.05) is 19.3 Å². The quantitative estimate of drug-likeness (QED) is 0.0201. The Bertz CT molecular complexity index is 1280.